The second-order valence-electron chi connectivity index (χ2n) is 12.7. The summed E-state index contributed by atoms with van der Waals surface area (Å²) in [6, 6.07) is 13.2. The number of benzene rings is 1. The first-order valence-electron chi connectivity index (χ1n) is 17.4. The molecule has 0 amide bonds. The molecule has 0 bridgehead atoms. The number of pyridine rings is 2. The van der Waals surface area contributed by atoms with Crippen molar-refractivity contribution in [3.63, 3.8) is 0 Å². The lowest BCUT2D eigenvalue weighted by atomic mass is 9.70. The number of rotatable bonds is 7. The SMILES string of the molecule is C=Cc1cc(N(C)C)cc[n+]1C(C)(C=CC)C1CC=C(c2ccccc2C)c2c1c1ncc(C)n1c1cn(CC)cc21.CC.CCC. The Morgan fingerprint density at radius 2 is 1.79 bits per heavy atom. The van der Waals surface area contributed by atoms with Crippen LogP contribution < -0.4 is 9.47 Å². The summed E-state index contributed by atoms with van der Waals surface area (Å²) in [4.78, 5) is 7.27. The van der Waals surface area contributed by atoms with E-state index in [9.17, 15) is 0 Å². The molecule has 0 spiro atoms. The van der Waals surface area contributed by atoms with Gasteiger partial charge in [-0.15, -0.1) is 0 Å². The standard InChI is InChI=1S/C37H42N5.C3H8.C2H6/c1-9-19-37(6,41-20-18-28(39(7)8)21-27(41)10-2)32-17-16-30(29-15-13-12-14-25(29)4)34-31-23-40(11-3)24-33(31)42-26(5)22-38-36(42)35(32)34;1-3-2;1-2/h9-10,12-16,18-24,32H,2,11,17H2,1,3-8H3;3H2,1-2H3;1-2H3/q+1;;. The second kappa shape index (κ2) is 15.0. The van der Waals surface area contributed by atoms with Gasteiger partial charge in [-0.1, -0.05) is 77.1 Å². The van der Waals surface area contributed by atoms with E-state index in [1.165, 1.54) is 45.2 Å². The summed E-state index contributed by atoms with van der Waals surface area (Å²) in [6.07, 6.45) is 20.0. The molecule has 2 unspecified atom stereocenters. The topological polar surface area (TPSA) is 29.4 Å². The highest BCUT2D eigenvalue weighted by Gasteiger charge is 2.47. The smallest absolute Gasteiger partial charge is 0.207 e. The van der Waals surface area contributed by atoms with E-state index in [4.69, 9.17) is 4.98 Å². The number of imidazole rings is 1. The first-order valence-corrected chi connectivity index (χ1v) is 17.4. The lowest BCUT2D eigenvalue weighted by molar-refractivity contribution is -0.754. The van der Waals surface area contributed by atoms with Gasteiger partial charge in [0.15, 0.2) is 11.7 Å². The fraction of sp³-hybridized carbons (Fsp3) is 0.381. The number of fused-ring (bicyclic) bond motifs is 6. The molecule has 2 atom stereocenters. The summed E-state index contributed by atoms with van der Waals surface area (Å²) in [5.74, 6) is 0.129. The van der Waals surface area contributed by atoms with E-state index in [0.29, 0.717) is 0 Å². The molecule has 0 radical (unpaired) electrons. The molecule has 4 aromatic heterocycles. The molecule has 1 aromatic carbocycles. The zero-order valence-corrected chi connectivity index (χ0v) is 30.7. The van der Waals surface area contributed by atoms with Gasteiger partial charge in [0.25, 0.3) is 0 Å². The molecule has 1 aliphatic rings. The molecule has 6 rings (SSSR count). The van der Waals surface area contributed by atoms with E-state index in [1.807, 2.05) is 26.1 Å². The Labute approximate surface area is 283 Å². The Kier molecular flexibility index (Phi) is 11.3. The molecule has 4 heterocycles. The van der Waals surface area contributed by atoms with Crippen LogP contribution in [0, 0.1) is 13.8 Å². The highest BCUT2D eigenvalue weighted by molar-refractivity contribution is 6.02. The fourth-order valence-electron chi connectivity index (χ4n) is 7.05. The van der Waals surface area contributed by atoms with Crippen molar-refractivity contribution in [1.82, 2.24) is 14.0 Å². The molecule has 0 saturated heterocycles. The van der Waals surface area contributed by atoms with Crippen LogP contribution in [0.4, 0.5) is 5.69 Å². The van der Waals surface area contributed by atoms with Crippen LogP contribution in [0.25, 0.3) is 28.2 Å². The Morgan fingerprint density at radius 3 is 2.40 bits per heavy atom. The van der Waals surface area contributed by atoms with Crippen molar-refractivity contribution >= 4 is 33.9 Å². The number of anilines is 1. The van der Waals surface area contributed by atoms with Crippen molar-refractivity contribution in [2.75, 3.05) is 19.0 Å². The third-order valence-corrected chi connectivity index (χ3v) is 9.22. The maximum atomic E-state index is 5.13. The normalized spacial score (nSPS) is 15.3. The quantitative estimate of drug-likeness (QED) is 0.132. The molecule has 0 fully saturated rings. The number of nitrogens with zero attached hydrogens (tertiary/aromatic N) is 5. The van der Waals surface area contributed by atoms with Gasteiger partial charge in [-0.25, -0.2) is 4.98 Å². The van der Waals surface area contributed by atoms with E-state index in [2.05, 4.69) is 161 Å². The molecule has 0 saturated carbocycles. The van der Waals surface area contributed by atoms with Crippen molar-refractivity contribution in [3.8, 4) is 0 Å². The second-order valence-corrected chi connectivity index (χ2v) is 12.7. The minimum Gasteiger partial charge on any atom is -0.377 e. The molecule has 5 heteroatoms. The Bertz CT molecular complexity index is 1910. The zero-order valence-electron chi connectivity index (χ0n) is 30.7. The lowest BCUT2D eigenvalue weighted by Gasteiger charge is -2.36. The number of hydrogen-bond acceptors (Lipinski definition) is 2. The third-order valence-electron chi connectivity index (χ3n) is 9.22. The monoisotopic (exact) mass is 630 g/mol. The lowest BCUT2D eigenvalue weighted by Crippen LogP contribution is -2.58. The third kappa shape index (κ3) is 6.33. The molecule has 5 aromatic rings. The zero-order chi connectivity index (χ0) is 34.5. The van der Waals surface area contributed by atoms with Crippen LogP contribution in [0.1, 0.15) is 101 Å². The van der Waals surface area contributed by atoms with E-state index in [1.54, 1.807) is 0 Å². The van der Waals surface area contributed by atoms with E-state index >= 15 is 0 Å². The first kappa shape index (κ1) is 35.5. The van der Waals surface area contributed by atoms with Gasteiger partial charge in [0.2, 0.25) is 5.69 Å². The largest absolute Gasteiger partial charge is 0.377 e. The molecule has 47 heavy (non-hydrogen) atoms. The molecule has 0 N–H and O–H groups in total. The van der Waals surface area contributed by atoms with Gasteiger partial charge < -0.3 is 9.47 Å². The van der Waals surface area contributed by atoms with Crippen LogP contribution in [-0.4, -0.2) is 28.0 Å². The van der Waals surface area contributed by atoms with Crippen molar-refractivity contribution in [1.29, 1.82) is 0 Å². The average Bonchev–Trinajstić information content (AvgIpc) is 3.69. The highest BCUT2D eigenvalue weighted by atomic mass is 15.1. The molecular formula is C42H56N5+. The predicted octanol–water partition coefficient (Wildman–Crippen LogP) is 10.3. The number of aryl methyl sites for hydroxylation is 3. The maximum absolute atomic E-state index is 5.13. The van der Waals surface area contributed by atoms with Crippen LogP contribution in [0.15, 0.2) is 86.0 Å². The Balaban J connectivity index is 0.000000947. The van der Waals surface area contributed by atoms with Crippen LogP contribution in [-0.2, 0) is 12.1 Å². The number of hydrogen-bond donors (Lipinski definition) is 0. The van der Waals surface area contributed by atoms with E-state index in [-0.39, 0.29) is 11.5 Å². The van der Waals surface area contributed by atoms with Gasteiger partial charge in [-0.2, -0.15) is 4.57 Å². The van der Waals surface area contributed by atoms with Crippen molar-refractivity contribution in [3.05, 3.63) is 120 Å². The summed E-state index contributed by atoms with van der Waals surface area (Å²) < 4.78 is 7.08. The fourth-order valence-corrected chi connectivity index (χ4v) is 7.05. The van der Waals surface area contributed by atoms with Gasteiger partial charge in [0.1, 0.15) is 5.65 Å². The van der Waals surface area contributed by atoms with E-state index in [0.717, 1.165) is 35.7 Å². The first-order chi connectivity index (χ1) is 22.6. The minimum absolute atomic E-state index is 0.129. The van der Waals surface area contributed by atoms with E-state index < -0.39 is 0 Å². The van der Waals surface area contributed by atoms with Crippen LogP contribution >= 0.6 is 0 Å². The van der Waals surface area contributed by atoms with Gasteiger partial charge in [-0.05, 0) is 56.9 Å². The molecular weight excluding hydrogens is 574 g/mol. The van der Waals surface area contributed by atoms with Crippen molar-refractivity contribution in [2.24, 2.45) is 0 Å². The Hall–Kier alpha value is -4.38. The summed E-state index contributed by atoms with van der Waals surface area (Å²) >= 11 is 0. The van der Waals surface area contributed by atoms with Crippen molar-refractivity contribution in [2.45, 2.75) is 93.2 Å². The average molecular weight is 631 g/mol. The summed E-state index contributed by atoms with van der Waals surface area (Å²) in [5, 5.41) is 1.28. The Morgan fingerprint density at radius 1 is 1.09 bits per heavy atom. The summed E-state index contributed by atoms with van der Waals surface area (Å²) in [7, 11) is 4.16. The maximum Gasteiger partial charge on any atom is 0.207 e. The van der Waals surface area contributed by atoms with Gasteiger partial charge >= 0.3 is 0 Å². The molecule has 5 nitrogen and oxygen atoms in total. The highest BCUT2D eigenvalue weighted by Crippen LogP contribution is 2.49. The van der Waals surface area contributed by atoms with Gasteiger partial charge in [0, 0.05) is 92.3 Å². The number of aromatic nitrogens is 4. The molecule has 0 aliphatic heterocycles. The summed E-state index contributed by atoms with van der Waals surface area (Å²) in [6.45, 7) is 24.5. The van der Waals surface area contributed by atoms with Crippen LogP contribution in [0.5, 0.6) is 0 Å². The number of allylic oxidation sites excluding steroid dienone is 3. The minimum atomic E-state index is -0.382. The van der Waals surface area contributed by atoms with Crippen LogP contribution in [0.2, 0.25) is 0 Å². The van der Waals surface area contributed by atoms with Crippen molar-refractivity contribution < 1.29 is 4.57 Å². The van der Waals surface area contributed by atoms with Gasteiger partial charge in [0.05, 0.1) is 11.4 Å². The van der Waals surface area contributed by atoms with Crippen LogP contribution in [0.3, 0.4) is 0 Å². The molecule has 1 aliphatic carbocycles. The predicted molar refractivity (Wildman–Crippen MR) is 204 cm³/mol. The summed E-state index contributed by atoms with van der Waals surface area (Å²) in [5.41, 5.74) is 11.8. The van der Waals surface area contributed by atoms with Gasteiger partial charge in [-0.3, -0.25) is 4.40 Å². The molecule has 248 valence electrons.